The van der Waals surface area contributed by atoms with E-state index in [1.54, 1.807) is 24.3 Å². The van der Waals surface area contributed by atoms with Crippen molar-refractivity contribution in [3.8, 4) is 0 Å². The average Bonchev–Trinajstić information content (AvgIpc) is 3.03. The zero-order valence-corrected chi connectivity index (χ0v) is 16.7. The minimum absolute atomic E-state index is 0.0280. The maximum absolute atomic E-state index is 12.7. The van der Waals surface area contributed by atoms with Crippen LogP contribution in [0.25, 0.3) is 0 Å². The molecule has 9 nitrogen and oxygen atoms in total. The van der Waals surface area contributed by atoms with Gasteiger partial charge in [-0.25, -0.2) is 4.79 Å². The number of hydrogen-bond acceptors (Lipinski definition) is 7. The second-order valence-corrected chi connectivity index (χ2v) is 6.27. The summed E-state index contributed by atoms with van der Waals surface area (Å²) in [6, 6.07) is 6.71. The van der Waals surface area contributed by atoms with Crippen LogP contribution in [0.5, 0.6) is 0 Å². The number of methoxy groups -OCH3 is 1. The van der Waals surface area contributed by atoms with E-state index in [1.807, 2.05) is 6.92 Å². The molecule has 1 aliphatic heterocycles. The maximum atomic E-state index is 12.7. The molecule has 1 aromatic rings. The molecule has 29 heavy (non-hydrogen) atoms. The first-order valence-electron chi connectivity index (χ1n) is 9.47. The van der Waals surface area contributed by atoms with E-state index in [0.717, 1.165) is 0 Å². The first-order valence-corrected chi connectivity index (χ1v) is 9.47. The molecule has 0 saturated carbocycles. The Kier molecular flexibility index (Phi) is 8.63. The summed E-state index contributed by atoms with van der Waals surface area (Å²) in [6.45, 7) is 3.43. The Bertz CT molecular complexity index is 777. The molecule has 0 saturated heterocycles. The number of ether oxygens (including phenoxy) is 2. The van der Waals surface area contributed by atoms with Crippen LogP contribution >= 0.6 is 0 Å². The highest BCUT2D eigenvalue weighted by atomic mass is 16.5. The summed E-state index contributed by atoms with van der Waals surface area (Å²) in [5.74, 6) is -1.38. The highest BCUT2D eigenvalue weighted by Crippen LogP contribution is 2.24. The summed E-state index contributed by atoms with van der Waals surface area (Å²) in [6.07, 6.45) is 0.682. The van der Waals surface area contributed by atoms with Crippen molar-refractivity contribution in [2.45, 2.75) is 13.3 Å². The van der Waals surface area contributed by atoms with Gasteiger partial charge in [-0.05, 0) is 25.5 Å². The minimum Gasteiger partial charge on any atom is -0.466 e. The number of β-amino-alcohol motifs (C(OH)–C–C–N with tert-alkyl or cyclic N) is 1. The standard InChI is InChI=1S/C20H27N3O6/c1-3-29-12-6-9-21-18(25)14-7-4-5-8-16(14)22-17-15(20(27)28-2)13-23(10-11-24)19(17)26/h4-5,7-8,22,24H,3,6,9-13H2,1-2H3,(H,21,25). The number of esters is 1. The first kappa shape index (κ1) is 22.4. The summed E-state index contributed by atoms with van der Waals surface area (Å²) < 4.78 is 10.0. The first-order chi connectivity index (χ1) is 14.0. The molecular formula is C20H27N3O6. The molecule has 1 aliphatic rings. The highest BCUT2D eigenvalue weighted by molar-refractivity contribution is 6.09. The van der Waals surface area contributed by atoms with Gasteiger partial charge in [0.15, 0.2) is 0 Å². The number of aliphatic hydroxyl groups is 1. The molecule has 0 aliphatic carbocycles. The van der Waals surface area contributed by atoms with Crippen LogP contribution in [-0.2, 0) is 19.1 Å². The normalized spacial score (nSPS) is 13.6. The Labute approximate surface area is 169 Å². The third-order valence-electron chi connectivity index (χ3n) is 4.34. The van der Waals surface area contributed by atoms with E-state index in [0.29, 0.717) is 37.4 Å². The second-order valence-electron chi connectivity index (χ2n) is 6.27. The largest absolute Gasteiger partial charge is 0.466 e. The van der Waals surface area contributed by atoms with Gasteiger partial charge in [0.25, 0.3) is 11.8 Å². The van der Waals surface area contributed by atoms with Crippen molar-refractivity contribution in [2.75, 3.05) is 51.9 Å². The predicted octanol–water partition coefficient (Wildman–Crippen LogP) is 0.517. The number of amides is 2. The zero-order chi connectivity index (χ0) is 21.2. The van der Waals surface area contributed by atoms with E-state index in [-0.39, 0.29) is 36.9 Å². The van der Waals surface area contributed by atoms with Crippen molar-refractivity contribution < 1.29 is 29.0 Å². The molecule has 0 spiro atoms. The van der Waals surface area contributed by atoms with Crippen LogP contribution in [0.1, 0.15) is 23.7 Å². The van der Waals surface area contributed by atoms with Gasteiger partial charge < -0.3 is 30.1 Å². The lowest BCUT2D eigenvalue weighted by molar-refractivity contribution is -0.136. The Balaban J connectivity index is 2.18. The lowest BCUT2D eigenvalue weighted by atomic mass is 10.1. The number of nitrogens with zero attached hydrogens (tertiary/aromatic N) is 1. The molecule has 3 N–H and O–H groups in total. The van der Waals surface area contributed by atoms with E-state index >= 15 is 0 Å². The van der Waals surface area contributed by atoms with E-state index in [4.69, 9.17) is 14.6 Å². The molecule has 1 aromatic carbocycles. The predicted molar refractivity (Wildman–Crippen MR) is 106 cm³/mol. The van der Waals surface area contributed by atoms with Crippen LogP contribution in [0.4, 0.5) is 5.69 Å². The Hall–Kier alpha value is -2.91. The molecule has 0 fully saturated rings. The Morgan fingerprint density at radius 1 is 1.28 bits per heavy atom. The molecule has 0 bridgehead atoms. The van der Waals surface area contributed by atoms with Crippen molar-refractivity contribution in [3.63, 3.8) is 0 Å². The van der Waals surface area contributed by atoms with E-state index < -0.39 is 11.9 Å². The number of benzene rings is 1. The summed E-state index contributed by atoms with van der Waals surface area (Å²) in [4.78, 5) is 38.7. The van der Waals surface area contributed by atoms with Crippen molar-refractivity contribution in [2.24, 2.45) is 0 Å². The minimum atomic E-state index is -0.640. The lowest BCUT2D eigenvalue weighted by Crippen LogP contribution is -2.31. The number of hydrogen-bond donors (Lipinski definition) is 3. The van der Waals surface area contributed by atoms with E-state index in [9.17, 15) is 14.4 Å². The van der Waals surface area contributed by atoms with E-state index in [2.05, 4.69) is 10.6 Å². The fraction of sp³-hybridized carbons (Fsp3) is 0.450. The molecule has 0 atom stereocenters. The van der Waals surface area contributed by atoms with Crippen LogP contribution in [0.2, 0.25) is 0 Å². The SMILES string of the molecule is CCOCCCNC(=O)c1ccccc1NC1=C(C(=O)OC)CN(CCO)C1=O. The van der Waals surface area contributed by atoms with Crippen molar-refractivity contribution in [1.29, 1.82) is 0 Å². The van der Waals surface area contributed by atoms with Crippen LogP contribution in [-0.4, -0.2) is 74.4 Å². The topological polar surface area (TPSA) is 117 Å². The van der Waals surface area contributed by atoms with Crippen LogP contribution in [0, 0.1) is 0 Å². The maximum Gasteiger partial charge on any atom is 0.337 e. The van der Waals surface area contributed by atoms with Gasteiger partial charge >= 0.3 is 5.97 Å². The highest BCUT2D eigenvalue weighted by Gasteiger charge is 2.34. The summed E-state index contributed by atoms with van der Waals surface area (Å²) in [7, 11) is 1.23. The molecule has 0 unspecified atom stereocenters. The van der Waals surface area contributed by atoms with Gasteiger partial charge in [-0.3, -0.25) is 9.59 Å². The van der Waals surface area contributed by atoms with Crippen molar-refractivity contribution >= 4 is 23.5 Å². The van der Waals surface area contributed by atoms with Crippen LogP contribution in [0.15, 0.2) is 35.5 Å². The molecule has 158 valence electrons. The molecule has 9 heteroatoms. The van der Waals surface area contributed by atoms with Crippen LogP contribution in [0.3, 0.4) is 0 Å². The van der Waals surface area contributed by atoms with Gasteiger partial charge in [0.05, 0.1) is 37.1 Å². The second kappa shape index (κ2) is 11.2. The molecule has 0 radical (unpaired) electrons. The number of carbonyl (C=O) groups is 3. The monoisotopic (exact) mass is 405 g/mol. The number of rotatable bonds is 11. The molecule has 2 amide bonds. The molecular weight excluding hydrogens is 378 g/mol. The molecule has 0 aromatic heterocycles. The average molecular weight is 405 g/mol. The summed E-state index contributed by atoms with van der Waals surface area (Å²) >= 11 is 0. The number of aliphatic hydroxyl groups excluding tert-OH is 1. The van der Waals surface area contributed by atoms with Gasteiger partial charge in [0, 0.05) is 26.3 Å². The van der Waals surface area contributed by atoms with E-state index in [1.165, 1.54) is 12.0 Å². The van der Waals surface area contributed by atoms with Crippen molar-refractivity contribution in [3.05, 3.63) is 41.1 Å². The van der Waals surface area contributed by atoms with Gasteiger partial charge in [-0.1, -0.05) is 12.1 Å². The van der Waals surface area contributed by atoms with Gasteiger partial charge in [-0.15, -0.1) is 0 Å². The van der Waals surface area contributed by atoms with Gasteiger partial charge in [0.1, 0.15) is 5.70 Å². The van der Waals surface area contributed by atoms with Crippen LogP contribution < -0.4 is 10.6 Å². The van der Waals surface area contributed by atoms with Gasteiger partial charge in [0.2, 0.25) is 0 Å². The number of anilines is 1. The molecule has 2 rings (SSSR count). The number of carbonyl (C=O) groups excluding carboxylic acids is 3. The summed E-state index contributed by atoms with van der Waals surface area (Å²) in [5.41, 5.74) is 0.930. The fourth-order valence-corrected chi connectivity index (χ4v) is 2.89. The quantitative estimate of drug-likeness (QED) is 0.363. The number of para-hydroxylation sites is 1. The third-order valence-corrected chi connectivity index (χ3v) is 4.34. The lowest BCUT2D eigenvalue weighted by Gasteiger charge is -2.16. The zero-order valence-electron chi connectivity index (χ0n) is 16.7. The third kappa shape index (κ3) is 5.78. The smallest absolute Gasteiger partial charge is 0.337 e. The van der Waals surface area contributed by atoms with Gasteiger partial charge in [-0.2, -0.15) is 0 Å². The molecule has 1 heterocycles. The number of nitrogens with one attached hydrogen (secondary N) is 2. The fourth-order valence-electron chi connectivity index (χ4n) is 2.89. The van der Waals surface area contributed by atoms with Crippen molar-refractivity contribution in [1.82, 2.24) is 10.2 Å². The Morgan fingerprint density at radius 3 is 2.72 bits per heavy atom. The summed E-state index contributed by atoms with van der Waals surface area (Å²) in [5, 5.41) is 14.9. The Morgan fingerprint density at radius 2 is 2.03 bits per heavy atom.